The molecule has 0 atom stereocenters. The van der Waals surface area contributed by atoms with Crippen LogP contribution in [0.2, 0.25) is 5.02 Å². The van der Waals surface area contributed by atoms with Gasteiger partial charge in [0.05, 0.1) is 11.3 Å². The summed E-state index contributed by atoms with van der Waals surface area (Å²) < 4.78 is 22.1. The van der Waals surface area contributed by atoms with Crippen LogP contribution in [0.4, 0.5) is 4.39 Å². The molecule has 4 aromatic rings. The Labute approximate surface area is 192 Å². The number of rotatable bonds is 8. The zero-order chi connectivity index (χ0) is 21.2. The Morgan fingerprint density at radius 1 is 1.13 bits per heavy atom. The smallest absolute Gasteiger partial charge is 0.192 e. The maximum absolute atomic E-state index is 14.3. The first-order valence-electron chi connectivity index (χ1n) is 9.81. The molecule has 0 aliphatic heterocycles. The second-order valence-electron chi connectivity index (χ2n) is 7.15. The molecule has 5 rings (SSSR count). The lowest BCUT2D eigenvalue weighted by Gasteiger charge is -2.09. The molecule has 2 aromatic carbocycles. The zero-order valence-electron chi connectivity index (χ0n) is 16.4. The van der Waals surface area contributed by atoms with E-state index in [1.54, 1.807) is 47.4 Å². The van der Waals surface area contributed by atoms with E-state index in [1.165, 1.54) is 6.07 Å². The van der Waals surface area contributed by atoms with Crippen LogP contribution < -0.4 is 4.74 Å². The Bertz CT molecular complexity index is 1190. The van der Waals surface area contributed by atoms with E-state index < -0.39 is 0 Å². The first-order chi connectivity index (χ1) is 15.2. The van der Waals surface area contributed by atoms with Crippen LogP contribution in [0.3, 0.4) is 0 Å². The largest absolute Gasteiger partial charge is 0.486 e. The highest BCUT2D eigenvalue weighted by Crippen LogP contribution is 2.41. The van der Waals surface area contributed by atoms with Gasteiger partial charge < -0.3 is 4.74 Å². The second-order valence-corrected chi connectivity index (χ2v) is 9.47. The first kappa shape index (κ1) is 20.5. The monoisotopic (exact) mass is 472 g/mol. The third-order valence-electron chi connectivity index (χ3n) is 4.82. The summed E-state index contributed by atoms with van der Waals surface area (Å²) in [5.74, 6) is 1.74. The molecular formula is C22H18ClFN4OS2. The fourth-order valence-electron chi connectivity index (χ4n) is 3.16. The van der Waals surface area contributed by atoms with Gasteiger partial charge in [-0.3, -0.25) is 4.57 Å². The van der Waals surface area contributed by atoms with Crippen molar-refractivity contribution in [3.8, 4) is 17.1 Å². The summed E-state index contributed by atoms with van der Waals surface area (Å²) in [5, 5.41) is 13.1. The van der Waals surface area contributed by atoms with E-state index in [2.05, 4.69) is 19.7 Å². The highest BCUT2D eigenvalue weighted by Gasteiger charge is 2.31. The molecular weight excluding hydrogens is 455 g/mol. The highest BCUT2D eigenvalue weighted by molar-refractivity contribution is 7.98. The molecule has 1 aliphatic carbocycles. The molecule has 0 N–H and O–H groups in total. The molecule has 0 unspecified atom stereocenters. The van der Waals surface area contributed by atoms with Crippen molar-refractivity contribution in [2.75, 3.05) is 0 Å². The minimum Gasteiger partial charge on any atom is -0.486 e. The summed E-state index contributed by atoms with van der Waals surface area (Å²) >= 11 is 9.04. The van der Waals surface area contributed by atoms with Gasteiger partial charge in [0.15, 0.2) is 11.0 Å². The summed E-state index contributed by atoms with van der Waals surface area (Å²) in [6.45, 7) is 0.409. The summed E-state index contributed by atoms with van der Waals surface area (Å²) in [6.07, 6.45) is 2.13. The number of thiazole rings is 1. The molecule has 5 nitrogen and oxygen atoms in total. The van der Waals surface area contributed by atoms with Crippen LogP contribution in [0.5, 0.6) is 5.75 Å². The van der Waals surface area contributed by atoms with E-state index in [9.17, 15) is 4.39 Å². The molecule has 1 saturated carbocycles. The fourth-order valence-corrected chi connectivity index (χ4v) is 4.99. The van der Waals surface area contributed by atoms with Crippen molar-refractivity contribution in [1.82, 2.24) is 19.7 Å². The Morgan fingerprint density at radius 2 is 1.94 bits per heavy atom. The predicted molar refractivity (Wildman–Crippen MR) is 121 cm³/mol. The van der Waals surface area contributed by atoms with Crippen LogP contribution in [0.1, 0.15) is 29.6 Å². The number of nitrogens with zero attached hydrogens (tertiary/aromatic N) is 4. The first-order valence-corrected chi connectivity index (χ1v) is 12.1. The molecule has 158 valence electrons. The van der Waals surface area contributed by atoms with Crippen molar-refractivity contribution in [2.45, 2.75) is 36.4 Å². The maximum Gasteiger partial charge on any atom is 0.192 e. The SMILES string of the molecule is Fc1ccccc1-c1nnc(SCc2csc(COc3ccc(Cl)cc3)n2)n1C1CC1. The third kappa shape index (κ3) is 4.76. The van der Waals surface area contributed by atoms with Gasteiger partial charge in [-0.2, -0.15) is 0 Å². The molecule has 2 aromatic heterocycles. The molecule has 0 amide bonds. The third-order valence-corrected chi connectivity index (χ3v) is 6.92. The molecule has 31 heavy (non-hydrogen) atoms. The lowest BCUT2D eigenvalue weighted by molar-refractivity contribution is 0.305. The number of benzene rings is 2. The van der Waals surface area contributed by atoms with E-state index in [0.717, 1.165) is 34.4 Å². The highest BCUT2D eigenvalue weighted by atomic mass is 35.5. The lowest BCUT2D eigenvalue weighted by Crippen LogP contribution is -2.01. The summed E-state index contributed by atoms with van der Waals surface area (Å²) in [4.78, 5) is 4.66. The maximum atomic E-state index is 14.3. The van der Waals surface area contributed by atoms with Crippen molar-refractivity contribution in [2.24, 2.45) is 0 Å². The van der Waals surface area contributed by atoms with Crippen LogP contribution in [0, 0.1) is 5.82 Å². The van der Waals surface area contributed by atoms with E-state index in [-0.39, 0.29) is 5.82 Å². The Kier molecular flexibility index (Phi) is 5.93. The van der Waals surface area contributed by atoms with E-state index >= 15 is 0 Å². The van der Waals surface area contributed by atoms with E-state index in [1.807, 2.05) is 23.6 Å². The van der Waals surface area contributed by atoms with E-state index in [4.69, 9.17) is 16.3 Å². The van der Waals surface area contributed by atoms with Gasteiger partial charge in [-0.25, -0.2) is 9.37 Å². The van der Waals surface area contributed by atoms with Crippen molar-refractivity contribution >= 4 is 34.7 Å². The van der Waals surface area contributed by atoms with Crippen LogP contribution in [0.25, 0.3) is 11.4 Å². The van der Waals surface area contributed by atoms with Gasteiger partial charge in [-0.15, -0.1) is 21.5 Å². The molecule has 0 spiro atoms. The lowest BCUT2D eigenvalue weighted by atomic mass is 10.2. The minimum absolute atomic E-state index is 0.279. The number of halogens is 2. The van der Waals surface area contributed by atoms with Crippen LogP contribution in [-0.4, -0.2) is 19.7 Å². The normalized spacial score (nSPS) is 13.5. The van der Waals surface area contributed by atoms with Crippen molar-refractivity contribution < 1.29 is 9.13 Å². The van der Waals surface area contributed by atoms with Crippen LogP contribution in [0.15, 0.2) is 59.1 Å². The molecule has 9 heteroatoms. The fraction of sp³-hybridized carbons (Fsp3) is 0.227. The van der Waals surface area contributed by atoms with E-state index in [0.29, 0.717) is 34.8 Å². The van der Waals surface area contributed by atoms with Crippen molar-refractivity contribution in [1.29, 1.82) is 0 Å². The molecule has 0 saturated heterocycles. The van der Waals surface area contributed by atoms with Crippen molar-refractivity contribution in [3.63, 3.8) is 0 Å². The van der Waals surface area contributed by atoms with Gasteiger partial charge >= 0.3 is 0 Å². The Morgan fingerprint density at radius 3 is 2.71 bits per heavy atom. The summed E-state index contributed by atoms with van der Waals surface area (Å²) in [7, 11) is 0. The van der Waals surface area contributed by atoms with Gasteiger partial charge in [0.1, 0.15) is 23.2 Å². The van der Waals surface area contributed by atoms with Crippen molar-refractivity contribution in [3.05, 3.63) is 75.5 Å². The van der Waals surface area contributed by atoms with Gasteiger partial charge in [0.2, 0.25) is 0 Å². The van der Waals surface area contributed by atoms with Crippen LogP contribution in [-0.2, 0) is 12.4 Å². The van der Waals surface area contributed by atoms with Gasteiger partial charge in [-0.05, 0) is 49.2 Å². The summed E-state index contributed by atoms with van der Waals surface area (Å²) in [5.41, 5.74) is 1.45. The number of thioether (sulfide) groups is 1. The van der Waals surface area contributed by atoms with Gasteiger partial charge in [0.25, 0.3) is 0 Å². The van der Waals surface area contributed by atoms with Gasteiger partial charge in [0, 0.05) is 22.2 Å². The number of hydrogen-bond acceptors (Lipinski definition) is 6. The Balaban J connectivity index is 1.25. The molecule has 1 aliphatic rings. The number of hydrogen-bond donors (Lipinski definition) is 0. The predicted octanol–water partition coefficient (Wildman–Crippen LogP) is 6.40. The molecule has 1 fully saturated rings. The minimum atomic E-state index is -0.279. The molecule has 0 radical (unpaired) electrons. The van der Waals surface area contributed by atoms with Gasteiger partial charge in [-0.1, -0.05) is 35.5 Å². The average Bonchev–Trinajstić information content (AvgIpc) is 3.37. The number of aromatic nitrogens is 4. The number of ether oxygens (including phenoxy) is 1. The Hall–Kier alpha value is -2.42. The molecule has 0 bridgehead atoms. The molecule has 2 heterocycles. The average molecular weight is 473 g/mol. The van der Waals surface area contributed by atoms with Crippen LogP contribution >= 0.6 is 34.7 Å². The zero-order valence-corrected chi connectivity index (χ0v) is 18.8. The second kappa shape index (κ2) is 8.98. The quantitative estimate of drug-likeness (QED) is 0.278. The topological polar surface area (TPSA) is 52.8 Å². The summed E-state index contributed by atoms with van der Waals surface area (Å²) in [6, 6.07) is 14.3. The standard InChI is InChI=1S/C22H18ClFN4OS2/c23-14-5-9-17(10-6-14)29-11-20-25-15(12-30-20)13-31-22-27-26-21(28(22)16-7-8-16)18-3-1-2-4-19(18)24/h1-6,9-10,12,16H,7-8,11,13H2.